The van der Waals surface area contributed by atoms with E-state index >= 15 is 0 Å². The number of anilines is 2. The second kappa shape index (κ2) is 7.51. The van der Waals surface area contributed by atoms with Crippen molar-refractivity contribution in [2.45, 2.75) is 25.8 Å². The van der Waals surface area contributed by atoms with E-state index in [9.17, 15) is 14.4 Å². The van der Waals surface area contributed by atoms with Crippen LogP contribution in [0.5, 0.6) is 0 Å². The van der Waals surface area contributed by atoms with Crippen molar-refractivity contribution in [2.75, 3.05) is 16.8 Å². The van der Waals surface area contributed by atoms with Gasteiger partial charge >= 0.3 is 0 Å². The molecular formula is C26H22N2O3. The number of hydrogen-bond donors (Lipinski definition) is 1. The molecule has 2 aliphatic rings. The number of amides is 1. The minimum Gasteiger partial charge on any atom is -0.360 e. The van der Waals surface area contributed by atoms with Gasteiger partial charge in [-0.05, 0) is 49.6 Å². The zero-order valence-electron chi connectivity index (χ0n) is 17.2. The second-order valence-corrected chi connectivity index (χ2v) is 8.06. The number of carbonyl (C=O) groups is 3. The van der Waals surface area contributed by atoms with Gasteiger partial charge in [0.15, 0.2) is 11.6 Å². The van der Waals surface area contributed by atoms with E-state index in [1.165, 1.54) is 5.56 Å². The third kappa shape index (κ3) is 3.22. The average molecular weight is 410 g/mol. The zero-order chi connectivity index (χ0) is 21.5. The first-order valence-corrected chi connectivity index (χ1v) is 10.5. The van der Waals surface area contributed by atoms with Crippen LogP contribution in [0.2, 0.25) is 0 Å². The Morgan fingerprint density at radius 2 is 1.52 bits per heavy atom. The molecule has 1 N–H and O–H groups in total. The Morgan fingerprint density at radius 1 is 0.871 bits per heavy atom. The Balaban J connectivity index is 1.40. The van der Waals surface area contributed by atoms with Gasteiger partial charge in [-0.2, -0.15) is 0 Å². The molecule has 1 aliphatic carbocycles. The molecule has 1 atom stereocenters. The van der Waals surface area contributed by atoms with Gasteiger partial charge in [-0.3, -0.25) is 14.4 Å². The highest BCUT2D eigenvalue weighted by Gasteiger charge is 2.30. The molecule has 0 aromatic heterocycles. The van der Waals surface area contributed by atoms with Crippen molar-refractivity contribution in [3.63, 3.8) is 0 Å². The molecule has 0 fully saturated rings. The topological polar surface area (TPSA) is 66.5 Å². The summed E-state index contributed by atoms with van der Waals surface area (Å²) in [5.74, 6) is -0.507. The summed E-state index contributed by atoms with van der Waals surface area (Å²) in [6, 6.07) is 19.6. The van der Waals surface area contributed by atoms with Gasteiger partial charge in [0, 0.05) is 40.2 Å². The fourth-order valence-electron chi connectivity index (χ4n) is 4.53. The van der Waals surface area contributed by atoms with Crippen molar-refractivity contribution in [1.82, 2.24) is 0 Å². The number of benzene rings is 3. The number of hydrogen-bond acceptors (Lipinski definition) is 4. The summed E-state index contributed by atoms with van der Waals surface area (Å²) >= 11 is 0. The molecule has 0 spiro atoms. The summed E-state index contributed by atoms with van der Waals surface area (Å²) < 4.78 is 0. The Hall–Kier alpha value is -3.73. The SMILES string of the molecule is C[C@@H](C(=O)Nc1ccc2c(c1)C(=O)c1ccccc1C2=O)N1CCCc2ccccc21. The fourth-order valence-corrected chi connectivity index (χ4v) is 4.53. The number of aryl methyl sites for hydroxylation is 1. The lowest BCUT2D eigenvalue weighted by Crippen LogP contribution is -2.44. The van der Waals surface area contributed by atoms with E-state index in [0.717, 1.165) is 25.1 Å². The van der Waals surface area contributed by atoms with Gasteiger partial charge in [0.2, 0.25) is 5.91 Å². The third-order valence-corrected chi connectivity index (χ3v) is 6.19. The molecule has 31 heavy (non-hydrogen) atoms. The molecule has 5 heteroatoms. The summed E-state index contributed by atoms with van der Waals surface area (Å²) in [7, 11) is 0. The maximum absolute atomic E-state index is 13.0. The standard InChI is InChI=1S/C26H22N2O3/c1-16(28-14-6-8-17-7-2-5-11-23(17)28)26(31)27-18-12-13-21-22(15-18)25(30)20-10-4-3-9-19(20)24(21)29/h2-5,7,9-13,15-16H,6,8,14H2,1H3,(H,27,31)/t16-/m0/s1. The summed E-state index contributed by atoms with van der Waals surface area (Å²) in [5.41, 5.74) is 4.40. The molecule has 154 valence electrons. The van der Waals surface area contributed by atoms with Gasteiger partial charge in [0.25, 0.3) is 0 Å². The maximum Gasteiger partial charge on any atom is 0.246 e. The van der Waals surface area contributed by atoms with Crippen LogP contribution in [0.1, 0.15) is 50.8 Å². The van der Waals surface area contributed by atoms with Crippen molar-refractivity contribution in [2.24, 2.45) is 0 Å². The Morgan fingerprint density at radius 3 is 2.29 bits per heavy atom. The highest BCUT2D eigenvalue weighted by atomic mass is 16.2. The first-order chi connectivity index (χ1) is 15.0. The monoisotopic (exact) mass is 410 g/mol. The number of para-hydroxylation sites is 1. The van der Waals surface area contributed by atoms with Gasteiger partial charge in [-0.25, -0.2) is 0 Å². The minimum atomic E-state index is -0.365. The van der Waals surface area contributed by atoms with E-state index in [0.29, 0.717) is 27.9 Å². The summed E-state index contributed by atoms with van der Waals surface area (Å²) in [6.45, 7) is 2.71. The van der Waals surface area contributed by atoms with Crippen LogP contribution in [0, 0.1) is 0 Å². The lowest BCUT2D eigenvalue weighted by atomic mass is 9.84. The van der Waals surface area contributed by atoms with Crippen molar-refractivity contribution in [1.29, 1.82) is 0 Å². The lowest BCUT2D eigenvalue weighted by Gasteiger charge is -2.35. The molecule has 0 saturated carbocycles. The smallest absolute Gasteiger partial charge is 0.246 e. The van der Waals surface area contributed by atoms with E-state index in [2.05, 4.69) is 22.3 Å². The molecule has 5 nitrogen and oxygen atoms in total. The molecule has 0 saturated heterocycles. The van der Waals surface area contributed by atoms with Crippen LogP contribution in [-0.2, 0) is 11.2 Å². The molecule has 0 radical (unpaired) electrons. The molecular weight excluding hydrogens is 388 g/mol. The highest BCUT2D eigenvalue weighted by molar-refractivity contribution is 6.28. The van der Waals surface area contributed by atoms with Gasteiger partial charge in [-0.15, -0.1) is 0 Å². The number of rotatable bonds is 3. The van der Waals surface area contributed by atoms with E-state index in [-0.39, 0.29) is 23.5 Å². The van der Waals surface area contributed by atoms with Gasteiger partial charge in [-0.1, -0.05) is 42.5 Å². The Bertz CT molecular complexity index is 1230. The van der Waals surface area contributed by atoms with Crippen LogP contribution in [0.4, 0.5) is 11.4 Å². The lowest BCUT2D eigenvalue weighted by molar-refractivity contribution is -0.117. The van der Waals surface area contributed by atoms with Crippen LogP contribution in [0.3, 0.4) is 0 Å². The van der Waals surface area contributed by atoms with Crippen LogP contribution < -0.4 is 10.2 Å². The van der Waals surface area contributed by atoms with Crippen LogP contribution in [-0.4, -0.2) is 30.1 Å². The molecule has 3 aromatic carbocycles. The quantitative estimate of drug-likeness (QED) is 0.549. The normalized spacial score (nSPS) is 15.6. The molecule has 0 bridgehead atoms. The summed E-state index contributed by atoms with van der Waals surface area (Å²) in [6.07, 6.45) is 2.02. The van der Waals surface area contributed by atoms with Crippen molar-refractivity contribution >= 4 is 28.8 Å². The first-order valence-electron chi connectivity index (χ1n) is 10.5. The molecule has 0 unspecified atom stereocenters. The predicted molar refractivity (Wildman–Crippen MR) is 120 cm³/mol. The van der Waals surface area contributed by atoms with E-state index in [1.807, 2.05) is 19.1 Å². The molecule has 1 aliphatic heterocycles. The van der Waals surface area contributed by atoms with Crippen LogP contribution >= 0.6 is 0 Å². The molecule has 5 rings (SSSR count). The number of nitrogens with zero attached hydrogens (tertiary/aromatic N) is 1. The second-order valence-electron chi connectivity index (χ2n) is 8.06. The Labute approximate surface area is 180 Å². The van der Waals surface area contributed by atoms with Crippen molar-refractivity contribution in [3.8, 4) is 0 Å². The predicted octanol–water partition coefficient (Wildman–Crippen LogP) is 4.24. The van der Waals surface area contributed by atoms with E-state index < -0.39 is 0 Å². The van der Waals surface area contributed by atoms with Gasteiger partial charge in [0.05, 0.1) is 0 Å². The Kier molecular flexibility index (Phi) is 4.66. The molecule has 3 aromatic rings. The van der Waals surface area contributed by atoms with Crippen LogP contribution in [0.25, 0.3) is 0 Å². The average Bonchev–Trinajstić information content (AvgIpc) is 2.81. The summed E-state index contributed by atoms with van der Waals surface area (Å²) in [5, 5.41) is 2.94. The highest BCUT2D eigenvalue weighted by Crippen LogP contribution is 2.31. The summed E-state index contributed by atoms with van der Waals surface area (Å²) in [4.78, 5) is 40.9. The number of fused-ring (bicyclic) bond motifs is 3. The van der Waals surface area contributed by atoms with Gasteiger partial charge < -0.3 is 10.2 Å². The van der Waals surface area contributed by atoms with Crippen LogP contribution in [0.15, 0.2) is 66.7 Å². The largest absolute Gasteiger partial charge is 0.360 e. The van der Waals surface area contributed by atoms with E-state index in [4.69, 9.17) is 0 Å². The van der Waals surface area contributed by atoms with E-state index in [1.54, 1.807) is 42.5 Å². The maximum atomic E-state index is 13.0. The molecule has 1 amide bonds. The number of carbonyl (C=O) groups excluding carboxylic acids is 3. The van der Waals surface area contributed by atoms with Crippen molar-refractivity contribution < 1.29 is 14.4 Å². The van der Waals surface area contributed by atoms with Crippen molar-refractivity contribution in [3.05, 3.63) is 94.5 Å². The fraction of sp³-hybridized carbons (Fsp3) is 0.192. The zero-order valence-corrected chi connectivity index (χ0v) is 17.2. The molecule has 1 heterocycles. The number of nitrogens with one attached hydrogen (secondary N) is 1. The third-order valence-electron chi connectivity index (χ3n) is 6.19. The van der Waals surface area contributed by atoms with Gasteiger partial charge in [0.1, 0.15) is 6.04 Å². The first kappa shape index (κ1) is 19.2. The number of ketones is 2. The minimum absolute atomic E-state index is 0.147.